The predicted molar refractivity (Wildman–Crippen MR) is 71.6 cm³/mol. The summed E-state index contributed by atoms with van der Waals surface area (Å²) in [5.41, 5.74) is 0. The number of unbranched alkanes of at least 4 members (excludes halogenated alkanes) is 4. The maximum atomic E-state index is 8.31. The molecule has 0 unspecified atom stereocenters. The van der Waals surface area contributed by atoms with Gasteiger partial charge in [-0.1, -0.05) is 50.5 Å². The standard InChI is InChI=1S/C12H20O.C2H6O/c1-2-3-4-5-6-7-8-9-10-11-12-13;1-2-3/h7-13H,2-6H2,1H3;3H,2H2,1H3/b8-7+,10-9+,12-11+;. The molecule has 0 aromatic rings. The van der Waals surface area contributed by atoms with Gasteiger partial charge in [-0.25, -0.2) is 0 Å². The maximum Gasteiger partial charge on any atom is 0.0791 e. The molecule has 0 aromatic heterocycles. The summed E-state index contributed by atoms with van der Waals surface area (Å²) in [6.45, 7) is 4.15. The Kier molecular flexibility index (Phi) is 21.2. The Morgan fingerprint density at radius 3 is 2.06 bits per heavy atom. The molecule has 0 heterocycles. The topological polar surface area (TPSA) is 40.5 Å². The van der Waals surface area contributed by atoms with Crippen LogP contribution in [0.1, 0.15) is 46.0 Å². The normalized spacial score (nSPS) is 11.2. The second-order valence-corrected chi connectivity index (χ2v) is 3.32. The van der Waals surface area contributed by atoms with Crippen molar-refractivity contribution in [1.29, 1.82) is 0 Å². The number of aliphatic hydroxyl groups excluding tert-OH is 2. The van der Waals surface area contributed by atoms with Crippen molar-refractivity contribution in [3.05, 3.63) is 36.6 Å². The lowest BCUT2D eigenvalue weighted by Gasteiger charge is -1.92. The Hall–Kier alpha value is -1.02. The summed E-state index contributed by atoms with van der Waals surface area (Å²) in [7, 11) is 0. The lowest BCUT2D eigenvalue weighted by Crippen LogP contribution is -1.72. The van der Waals surface area contributed by atoms with E-state index in [1.165, 1.54) is 25.7 Å². The van der Waals surface area contributed by atoms with Crippen LogP contribution in [0.15, 0.2) is 36.6 Å². The number of hydrogen-bond acceptors (Lipinski definition) is 2. The summed E-state index contributed by atoms with van der Waals surface area (Å²) < 4.78 is 0. The average Bonchev–Trinajstić information content (AvgIpc) is 2.28. The Labute approximate surface area is 100 Å². The molecule has 0 rings (SSSR count). The Balaban J connectivity index is 0. The highest BCUT2D eigenvalue weighted by Crippen LogP contribution is 2.02. The highest BCUT2D eigenvalue weighted by molar-refractivity contribution is 5.09. The van der Waals surface area contributed by atoms with Crippen LogP contribution < -0.4 is 0 Å². The smallest absolute Gasteiger partial charge is 0.0791 e. The minimum absolute atomic E-state index is 0.250. The molecule has 0 aliphatic heterocycles. The zero-order chi connectivity index (χ0) is 12.5. The third-order valence-corrected chi connectivity index (χ3v) is 1.78. The maximum absolute atomic E-state index is 8.31. The van der Waals surface area contributed by atoms with Gasteiger partial charge in [0.1, 0.15) is 0 Å². The first-order chi connectivity index (χ1) is 7.83. The highest BCUT2D eigenvalue weighted by Gasteiger charge is 1.82. The fraction of sp³-hybridized carbons (Fsp3) is 0.571. The molecule has 0 amide bonds. The Morgan fingerprint density at radius 1 is 0.875 bits per heavy atom. The van der Waals surface area contributed by atoms with Crippen molar-refractivity contribution >= 4 is 0 Å². The SMILES string of the molecule is CCCCCC/C=C/C=C/C=C/O.CCO. The average molecular weight is 226 g/mol. The fourth-order valence-corrected chi connectivity index (χ4v) is 1.04. The van der Waals surface area contributed by atoms with Gasteiger partial charge in [0.25, 0.3) is 0 Å². The molecule has 16 heavy (non-hydrogen) atoms. The van der Waals surface area contributed by atoms with Crippen LogP contribution in [0.25, 0.3) is 0 Å². The monoisotopic (exact) mass is 226 g/mol. The molecule has 2 N–H and O–H groups in total. The van der Waals surface area contributed by atoms with Gasteiger partial charge in [0, 0.05) is 6.61 Å². The van der Waals surface area contributed by atoms with E-state index in [0.29, 0.717) is 0 Å². The molecule has 94 valence electrons. The first-order valence-electron chi connectivity index (χ1n) is 6.06. The summed E-state index contributed by atoms with van der Waals surface area (Å²) in [4.78, 5) is 0. The molecule has 0 saturated heterocycles. The molecular formula is C14H26O2. The first kappa shape index (κ1) is 17.4. The molecule has 0 spiro atoms. The van der Waals surface area contributed by atoms with Crippen LogP contribution in [0.5, 0.6) is 0 Å². The molecule has 0 saturated carbocycles. The van der Waals surface area contributed by atoms with Crippen molar-refractivity contribution < 1.29 is 10.2 Å². The number of rotatable bonds is 7. The number of allylic oxidation sites excluding steroid dienone is 5. The molecular weight excluding hydrogens is 200 g/mol. The molecule has 0 atom stereocenters. The largest absolute Gasteiger partial charge is 0.516 e. The van der Waals surface area contributed by atoms with Crippen LogP contribution >= 0.6 is 0 Å². The van der Waals surface area contributed by atoms with E-state index >= 15 is 0 Å². The Morgan fingerprint density at radius 2 is 1.50 bits per heavy atom. The molecule has 0 aromatic carbocycles. The lowest BCUT2D eigenvalue weighted by molar-refractivity contribution is 0.318. The van der Waals surface area contributed by atoms with E-state index in [9.17, 15) is 0 Å². The van der Waals surface area contributed by atoms with Crippen molar-refractivity contribution in [3.63, 3.8) is 0 Å². The molecule has 0 bridgehead atoms. The summed E-state index contributed by atoms with van der Waals surface area (Å²) >= 11 is 0. The zero-order valence-corrected chi connectivity index (χ0v) is 10.6. The third-order valence-electron chi connectivity index (χ3n) is 1.78. The van der Waals surface area contributed by atoms with Gasteiger partial charge in [-0.05, 0) is 25.8 Å². The van der Waals surface area contributed by atoms with E-state index in [1.54, 1.807) is 13.0 Å². The van der Waals surface area contributed by atoms with Gasteiger partial charge >= 0.3 is 0 Å². The Bertz CT molecular complexity index is 181. The summed E-state index contributed by atoms with van der Waals surface area (Å²) in [5, 5.41) is 15.9. The number of aliphatic hydroxyl groups is 2. The van der Waals surface area contributed by atoms with Crippen molar-refractivity contribution in [3.8, 4) is 0 Å². The van der Waals surface area contributed by atoms with Crippen LogP contribution in [0.4, 0.5) is 0 Å². The van der Waals surface area contributed by atoms with Crippen LogP contribution in [0, 0.1) is 0 Å². The predicted octanol–water partition coefficient (Wildman–Crippen LogP) is 4.14. The second kappa shape index (κ2) is 19.5. The number of hydrogen-bond donors (Lipinski definition) is 2. The second-order valence-electron chi connectivity index (χ2n) is 3.32. The first-order valence-corrected chi connectivity index (χ1v) is 6.06. The third kappa shape index (κ3) is 23.1. The van der Waals surface area contributed by atoms with Gasteiger partial charge in [0.15, 0.2) is 0 Å². The molecule has 0 fully saturated rings. The van der Waals surface area contributed by atoms with Crippen LogP contribution in [-0.4, -0.2) is 16.8 Å². The van der Waals surface area contributed by atoms with E-state index in [0.717, 1.165) is 12.7 Å². The van der Waals surface area contributed by atoms with Crippen molar-refractivity contribution in [2.75, 3.05) is 6.61 Å². The summed E-state index contributed by atoms with van der Waals surface area (Å²) in [6, 6.07) is 0. The van der Waals surface area contributed by atoms with Crippen molar-refractivity contribution in [2.24, 2.45) is 0 Å². The fourth-order valence-electron chi connectivity index (χ4n) is 1.04. The van der Waals surface area contributed by atoms with Crippen LogP contribution in [0.3, 0.4) is 0 Å². The van der Waals surface area contributed by atoms with Crippen LogP contribution in [-0.2, 0) is 0 Å². The van der Waals surface area contributed by atoms with E-state index in [4.69, 9.17) is 10.2 Å². The van der Waals surface area contributed by atoms with Gasteiger partial charge in [-0.3, -0.25) is 0 Å². The van der Waals surface area contributed by atoms with Gasteiger partial charge in [-0.2, -0.15) is 0 Å². The van der Waals surface area contributed by atoms with Gasteiger partial charge < -0.3 is 10.2 Å². The molecule has 0 aliphatic carbocycles. The van der Waals surface area contributed by atoms with Crippen molar-refractivity contribution in [2.45, 2.75) is 46.0 Å². The minimum atomic E-state index is 0.250. The van der Waals surface area contributed by atoms with E-state index in [1.807, 2.05) is 18.2 Å². The summed E-state index contributed by atoms with van der Waals surface area (Å²) in [6.07, 6.45) is 17.0. The van der Waals surface area contributed by atoms with Gasteiger partial charge in [0.2, 0.25) is 0 Å². The van der Waals surface area contributed by atoms with E-state index in [-0.39, 0.29) is 6.61 Å². The zero-order valence-electron chi connectivity index (χ0n) is 10.6. The van der Waals surface area contributed by atoms with Crippen molar-refractivity contribution in [1.82, 2.24) is 0 Å². The van der Waals surface area contributed by atoms with Gasteiger partial charge in [0.05, 0.1) is 6.26 Å². The molecule has 0 aliphatic rings. The summed E-state index contributed by atoms with van der Waals surface area (Å²) in [5.74, 6) is 0. The minimum Gasteiger partial charge on any atom is -0.516 e. The quantitative estimate of drug-likeness (QED) is 0.389. The van der Waals surface area contributed by atoms with Crippen LogP contribution in [0.2, 0.25) is 0 Å². The molecule has 2 nitrogen and oxygen atoms in total. The van der Waals surface area contributed by atoms with E-state index in [2.05, 4.69) is 13.0 Å². The van der Waals surface area contributed by atoms with E-state index < -0.39 is 0 Å². The lowest BCUT2D eigenvalue weighted by atomic mass is 10.1. The molecule has 0 radical (unpaired) electrons. The molecule has 2 heteroatoms. The van der Waals surface area contributed by atoms with Gasteiger partial charge in [-0.15, -0.1) is 0 Å². The highest BCUT2D eigenvalue weighted by atomic mass is 16.2.